The first-order valence-electron chi connectivity index (χ1n) is 10.3. The van der Waals surface area contributed by atoms with Crippen LogP contribution in [0.15, 0.2) is 54.6 Å². The van der Waals surface area contributed by atoms with Crippen LogP contribution in [0.1, 0.15) is 16.7 Å². The number of fused-ring (bicyclic) bond motifs is 1. The van der Waals surface area contributed by atoms with Crippen molar-refractivity contribution in [2.24, 2.45) is 0 Å². The summed E-state index contributed by atoms with van der Waals surface area (Å²) in [6, 6.07) is 13.1. The van der Waals surface area contributed by atoms with E-state index in [2.05, 4.69) is 0 Å². The van der Waals surface area contributed by atoms with E-state index < -0.39 is 99.9 Å². The van der Waals surface area contributed by atoms with E-state index in [9.17, 15) is 26.3 Å². The fraction of sp³-hybridized carbons (Fsp3) is 0. The molecule has 0 aliphatic carbocycles. The van der Waals surface area contributed by atoms with Gasteiger partial charge in [0.25, 0.3) is 0 Å². The van der Waals surface area contributed by atoms with Crippen molar-refractivity contribution < 1.29 is 43.9 Å². The summed E-state index contributed by atoms with van der Waals surface area (Å²) in [6.45, 7) is 0. The van der Waals surface area contributed by atoms with Crippen LogP contribution in [-0.4, -0.2) is 21.8 Å². The van der Waals surface area contributed by atoms with Gasteiger partial charge in [-0.05, 0) is 0 Å². The third-order valence-electron chi connectivity index (χ3n) is 5.80. The molecule has 0 N–H and O–H groups in total. The molecule has 0 nitrogen and oxygen atoms in total. The van der Waals surface area contributed by atoms with Gasteiger partial charge in [-0.15, -0.1) is 0 Å². The van der Waals surface area contributed by atoms with Gasteiger partial charge in [0.15, 0.2) is 0 Å². The van der Waals surface area contributed by atoms with Gasteiger partial charge < -0.3 is 0 Å². The summed E-state index contributed by atoms with van der Waals surface area (Å²) in [6.07, 6.45) is 0. The number of rotatable bonds is 3. The monoisotopic (exact) mass is 720 g/mol. The summed E-state index contributed by atoms with van der Waals surface area (Å²) in [5.41, 5.74) is -3.93. The van der Waals surface area contributed by atoms with Crippen LogP contribution in [0.5, 0.6) is 0 Å². The van der Waals surface area contributed by atoms with Gasteiger partial charge in [0.05, 0.1) is 0 Å². The van der Waals surface area contributed by atoms with E-state index in [4.69, 9.17) is 0 Å². The van der Waals surface area contributed by atoms with Gasteiger partial charge in [-0.2, -0.15) is 0 Å². The molecular weight excluding hydrogens is 711 g/mol. The number of benzene rings is 4. The zero-order chi connectivity index (χ0) is 26.8. The Morgan fingerprint density at radius 2 is 0.811 bits per heavy atom. The van der Waals surface area contributed by atoms with Gasteiger partial charge in [-0.3, -0.25) is 0 Å². The second-order valence-corrected chi connectivity index (χ2v) is 16.0. The molecule has 0 amide bonds. The first kappa shape index (κ1) is 25.5. The molecule has 0 saturated carbocycles. The molecule has 1 aliphatic rings. The van der Waals surface area contributed by atoms with Crippen molar-refractivity contribution in [2.45, 2.75) is 0 Å². The first-order chi connectivity index (χ1) is 17.6. The minimum absolute atomic E-state index is 0.133. The SMILES string of the molecule is Fc1c(F)c(F)c(C2=[C](c3c(F)c(F)c(F)c(F)c3F)[Bi]([c]3ccccc3)[c]3ccccc32)c(F)c1F. The van der Waals surface area contributed by atoms with Crippen LogP contribution in [0.2, 0.25) is 0 Å². The van der Waals surface area contributed by atoms with Crippen LogP contribution >= 0.6 is 0 Å². The predicted octanol–water partition coefficient (Wildman–Crippen LogP) is 6.20. The second kappa shape index (κ2) is 9.28. The Hall–Kier alpha value is -3.20. The summed E-state index contributed by atoms with van der Waals surface area (Å²) in [5.74, 6) is -23.4. The van der Waals surface area contributed by atoms with E-state index in [1.807, 2.05) is 0 Å². The molecule has 0 bridgehead atoms. The van der Waals surface area contributed by atoms with Crippen LogP contribution in [0, 0.1) is 58.2 Å². The van der Waals surface area contributed by atoms with Crippen LogP contribution in [0.4, 0.5) is 43.9 Å². The Morgan fingerprint density at radius 3 is 1.32 bits per heavy atom. The van der Waals surface area contributed by atoms with Crippen molar-refractivity contribution in [3.8, 4) is 0 Å². The topological polar surface area (TPSA) is 0 Å². The molecule has 5 rings (SSSR count). The van der Waals surface area contributed by atoms with Gasteiger partial charge in [0.2, 0.25) is 0 Å². The van der Waals surface area contributed by atoms with E-state index in [0.717, 1.165) is 0 Å². The molecule has 0 fully saturated rings. The van der Waals surface area contributed by atoms with E-state index in [0.29, 0.717) is 3.27 Å². The molecule has 1 aliphatic heterocycles. The van der Waals surface area contributed by atoms with Gasteiger partial charge in [0.1, 0.15) is 0 Å². The molecular formula is C26H9BiF10. The molecule has 0 saturated heterocycles. The molecule has 1 heterocycles. The summed E-state index contributed by atoms with van der Waals surface area (Å²) >= 11 is -4.23. The van der Waals surface area contributed by atoms with Crippen LogP contribution in [0.25, 0.3) is 8.85 Å². The van der Waals surface area contributed by atoms with Gasteiger partial charge in [-0.25, -0.2) is 0 Å². The average Bonchev–Trinajstić information content (AvgIpc) is 3.23. The van der Waals surface area contributed by atoms with E-state index in [-0.39, 0.29) is 8.83 Å². The van der Waals surface area contributed by atoms with Crippen LogP contribution in [-0.2, 0) is 0 Å². The van der Waals surface area contributed by atoms with Gasteiger partial charge in [-0.1, -0.05) is 0 Å². The maximum atomic E-state index is 15.2. The summed E-state index contributed by atoms with van der Waals surface area (Å²) in [4.78, 5) is 0. The summed E-state index contributed by atoms with van der Waals surface area (Å²) in [5, 5.41) is 0. The number of halogens is 10. The van der Waals surface area contributed by atoms with Gasteiger partial charge >= 0.3 is 211 Å². The van der Waals surface area contributed by atoms with Crippen LogP contribution < -0.4 is 6.54 Å². The molecule has 0 spiro atoms. The average molecular weight is 720 g/mol. The fourth-order valence-electron chi connectivity index (χ4n) is 4.21. The van der Waals surface area contributed by atoms with E-state index >= 15 is 17.6 Å². The third-order valence-corrected chi connectivity index (χ3v) is 15.8. The molecule has 188 valence electrons. The molecule has 4 aromatic carbocycles. The van der Waals surface area contributed by atoms with E-state index in [1.165, 1.54) is 48.5 Å². The predicted molar refractivity (Wildman–Crippen MR) is 116 cm³/mol. The quantitative estimate of drug-likeness (QED) is 0.103. The molecule has 0 radical (unpaired) electrons. The standard InChI is InChI=1S/C20H4F10.C6H5.Bi/c21-11-9(12(22)16(26)19(29)15(11)25)6-8(7-4-2-1-3-5-7)10-13(23)17(27)20(30)18(28)14(10)24;1-2-4-6-5-3-1;/h1-4H;1-5H;. The minimum atomic E-state index is -4.23. The van der Waals surface area contributed by atoms with Crippen molar-refractivity contribution in [3.05, 3.63) is 129 Å². The molecule has 0 unspecified atom stereocenters. The number of hydrogen-bond acceptors (Lipinski definition) is 0. The van der Waals surface area contributed by atoms with Crippen molar-refractivity contribution in [3.63, 3.8) is 0 Å². The second-order valence-electron chi connectivity index (χ2n) is 7.80. The Bertz CT molecular complexity index is 1570. The normalized spacial score (nSPS) is 13.5. The van der Waals surface area contributed by atoms with Crippen molar-refractivity contribution >= 4 is 37.1 Å². The molecule has 0 atom stereocenters. The molecule has 37 heavy (non-hydrogen) atoms. The Kier molecular flexibility index (Phi) is 6.38. The zero-order valence-corrected chi connectivity index (χ0v) is 21.4. The van der Waals surface area contributed by atoms with E-state index in [1.54, 1.807) is 6.07 Å². The Labute approximate surface area is 210 Å². The van der Waals surface area contributed by atoms with Crippen LogP contribution in [0.3, 0.4) is 0 Å². The Balaban J connectivity index is 2.04. The summed E-state index contributed by atoms with van der Waals surface area (Å²) < 4.78 is 145. The zero-order valence-electron chi connectivity index (χ0n) is 17.9. The van der Waals surface area contributed by atoms with Crippen molar-refractivity contribution in [2.75, 3.05) is 0 Å². The fourth-order valence-corrected chi connectivity index (χ4v) is 15.0. The Morgan fingerprint density at radius 1 is 0.405 bits per heavy atom. The third kappa shape index (κ3) is 3.69. The maximum absolute atomic E-state index is 15.2. The first-order valence-corrected chi connectivity index (χ1v) is 15.5. The molecule has 0 aromatic heterocycles. The molecule has 11 heteroatoms. The number of hydrogen-bond donors (Lipinski definition) is 0. The van der Waals surface area contributed by atoms with Gasteiger partial charge in [0, 0.05) is 0 Å². The van der Waals surface area contributed by atoms with Crippen molar-refractivity contribution in [1.82, 2.24) is 0 Å². The molecule has 4 aromatic rings. The summed E-state index contributed by atoms with van der Waals surface area (Å²) in [7, 11) is 0. The van der Waals surface area contributed by atoms with Crippen molar-refractivity contribution in [1.29, 1.82) is 0 Å².